The van der Waals surface area contributed by atoms with Gasteiger partial charge in [-0.3, -0.25) is 4.68 Å². The molecule has 0 aliphatic heterocycles. The highest BCUT2D eigenvalue weighted by atomic mass is 127. The van der Waals surface area contributed by atoms with Gasteiger partial charge in [-0.2, -0.15) is 0 Å². The predicted molar refractivity (Wildman–Crippen MR) is 73.8 cm³/mol. The minimum atomic E-state index is -0.614. The molecule has 0 aliphatic carbocycles. The van der Waals surface area contributed by atoms with Gasteiger partial charge in [0.15, 0.2) is 0 Å². The van der Waals surface area contributed by atoms with Gasteiger partial charge in [-0.1, -0.05) is 16.8 Å². The molecule has 0 bridgehead atoms. The number of nitrogens with zero attached hydrogens (tertiary/aromatic N) is 3. The predicted octanol–water partition coefficient (Wildman–Crippen LogP) is 2.35. The first kappa shape index (κ1) is 12.8. The van der Waals surface area contributed by atoms with Crippen molar-refractivity contribution in [1.82, 2.24) is 15.0 Å². The smallest absolute Gasteiger partial charge is 0.0857 e. The van der Waals surface area contributed by atoms with Gasteiger partial charge in [0, 0.05) is 28.3 Å². The molecule has 90 valence electrons. The Morgan fingerprint density at radius 2 is 2.29 bits per heavy atom. The number of halogens is 2. The van der Waals surface area contributed by atoms with Crippen LogP contribution in [0, 0.1) is 3.57 Å². The lowest BCUT2D eigenvalue weighted by Gasteiger charge is -2.11. The molecule has 1 unspecified atom stereocenters. The third kappa shape index (κ3) is 3.17. The molecular weight excluding hydrogens is 352 g/mol. The molecule has 0 saturated carbocycles. The topological polar surface area (TPSA) is 50.9 Å². The van der Waals surface area contributed by atoms with Crippen LogP contribution < -0.4 is 0 Å². The average Bonchev–Trinajstić information content (AvgIpc) is 2.67. The van der Waals surface area contributed by atoms with Crippen molar-refractivity contribution in [3.05, 3.63) is 44.2 Å². The summed E-state index contributed by atoms with van der Waals surface area (Å²) in [5, 5.41) is 18.6. The number of hydrogen-bond donors (Lipinski definition) is 1. The van der Waals surface area contributed by atoms with Crippen molar-refractivity contribution in [3.63, 3.8) is 0 Å². The van der Waals surface area contributed by atoms with E-state index in [2.05, 4.69) is 32.9 Å². The molecule has 1 aromatic carbocycles. The van der Waals surface area contributed by atoms with Gasteiger partial charge < -0.3 is 5.11 Å². The van der Waals surface area contributed by atoms with Crippen LogP contribution in [0.1, 0.15) is 17.4 Å². The Balaban J connectivity index is 2.19. The van der Waals surface area contributed by atoms with E-state index in [0.717, 1.165) is 14.8 Å². The fourth-order valence-corrected chi connectivity index (χ4v) is 2.44. The Bertz CT molecular complexity index is 529. The summed E-state index contributed by atoms with van der Waals surface area (Å²) in [7, 11) is 1.80. The van der Waals surface area contributed by atoms with Crippen molar-refractivity contribution in [2.75, 3.05) is 0 Å². The summed E-state index contributed by atoms with van der Waals surface area (Å²) >= 11 is 8.10. The van der Waals surface area contributed by atoms with Gasteiger partial charge >= 0.3 is 0 Å². The lowest BCUT2D eigenvalue weighted by atomic mass is 10.1. The zero-order chi connectivity index (χ0) is 12.4. The maximum Gasteiger partial charge on any atom is 0.0857 e. The maximum atomic E-state index is 10.1. The lowest BCUT2D eigenvalue weighted by molar-refractivity contribution is 0.176. The molecule has 0 fully saturated rings. The number of rotatable bonds is 3. The van der Waals surface area contributed by atoms with E-state index in [1.807, 2.05) is 12.1 Å². The molecule has 0 aliphatic rings. The zero-order valence-corrected chi connectivity index (χ0v) is 12.1. The number of aromatic nitrogens is 3. The summed E-state index contributed by atoms with van der Waals surface area (Å²) in [6.45, 7) is 0. The largest absolute Gasteiger partial charge is 0.388 e. The van der Waals surface area contributed by atoms with Crippen LogP contribution in [0.15, 0.2) is 24.4 Å². The first-order valence-electron chi connectivity index (χ1n) is 5.04. The van der Waals surface area contributed by atoms with E-state index in [1.54, 1.807) is 24.0 Å². The first-order valence-corrected chi connectivity index (χ1v) is 6.50. The van der Waals surface area contributed by atoms with E-state index >= 15 is 0 Å². The van der Waals surface area contributed by atoms with Crippen molar-refractivity contribution in [2.24, 2.45) is 7.05 Å². The molecular formula is C11H11ClIN3O. The summed E-state index contributed by atoms with van der Waals surface area (Å²) in [6, 6.07) is 5.48. The number of hydrogen-bond acceptors (Lipinski definition) is 3. The third-order valence-electron chi connectivity index (χ3n) is 2.37. The van der Waals surface area contributed by atoms with Gasteiger partial charge in [0.05, 0.1) is 11.8 Å². The highest BCUT2D eigenvalue weighted by Crippen LogP contribution is 2.25. The molecule has 0 radical (unpaired) electrons. The monoisotopic (exact) mass is 363 g/mol. The Labute approximate surface area is 118 Å². The van der Waals surface area contributed by atoms with Crippen molar-refractivity contribution in [3.8, 4) is 0 Å². The highest BCUT2D eigenvalue weighted by Gasteiger charge is 2.14. The van der Waals surface area contributed by atoms with Gasteiger partial charge in [0.1, 0.15) is 0 Å². The second-order valence-corrected chi connectivity index (χ2v) is 5.37. The first-order chi connectivity index (χ1) is 8.06. The number of aryl methyl sites for hydroxylation is 1. The lowest BCUT2D eigenvalue weighted by Crippen LogP contribution is -2.04. The van der Waals surface area contributed by atoms with E-state index in [9.17, 15) is 5.11 Å². The second-order valence-electron chi connectivity index (χ2n) is 3.77. The van der Waals surface area contributed by atoms with E-state index in [1.165, 1.54) is 0 Å². The highest BCUT2D eigenvalue weighted by molar-refractivity contribution is 14.1. The van der Waals surface area contributed by atoms with E-state index in [4.69, 9.17) is 11.6 Å². The summed E-state index contributed by atoms with van der Waals surface area (Å²) in [5.74, 6) is 0. The average molecular weight is 364 g/mol. The van der Waals surface area contributed by atoms with E-state index in [-0.39, 0.29) is 0 Å². The molecule has 6 heteroatoms. The normalized spacial score (nSPS) is 12.7. The molecule has 4 nitrogen and oxygen atoms in total. The van der Waals surface area contributed by atoms with Crippen LogP contribution >= 0.6 is 34.2 Å². The minimum Gasteiger partial charge on any atom is -0.388 e. The molecule has 0 spiro atoms. The second kappa shape index (κ2) is 5.32. The van der Waals surface area contributed by atoms with E-state index in [0.29, 0.717) is 11.4 Å². The molecule has 0 amide bonds. The van der Waals surface area contributed by atoms with Crippen LogP contribution in [0.25, 0.3) is 0 Å². The van der Waals surface area contributed by atoms with Gasteiger partial charge in [-0.05, 0) is 46.4 Å². The van der Waals surface area contributed by atoms with Gasteiger partial charge in [-0.25, -0.2) is 0 Å². The third-order valence-corrected chi connectivity index (χ3v) is 3.59. The molecule has 0 saturated heterocycles. The molecule has 1 atom stereocenters. The summed E-state index contributed by atoms with van der Waals surface area (Å²) in [6.07, 6.45) is 1.61. The van der Waals surface area contributed by atoms with Crippen LogP contribution in [0.2, 0.25) is 5.02 Å². The van der Waals surface area contributed by atoms with Gasteiger partial charge in [0.25, 0.3) is 0 Å². The number of aliphatic hydroxyl groups excluding tert-OH is 1. The fraction of sp³-hybridized carbons (Fsp3) is 0.273. The van der Waals surface area contributed by atoms with Crippen LogP contribution in [-0.2, 0) is 13.5 Å². The quantitative estimate of drug-likeness (QED) is 0.852. The Kier molecular flexibility index (Phi) is 4.01. The fourth-order valence-electron chi connectivity index (χ4n) is 1.57. The standard InChI is InChI=1S/C11H11ClIN3O/c1-16-6-8(14-15-16)5-11(17)9-4-7(12)2-3-10(9)13/h2-4,6,11,17H,5H2,1H3. The van der Waals surface area contributed by atoms with Gasteiger partial charge in [0.2, 0.25) is 0 Å². The Morgan fingerprint density at radius 3 is 2.94 bits per heavy atom. The van der Waals surface area contributed by atoms with E-state index < -0.39 is 6.10 Å². The maximum absolute atomic E-state index is 10.1. The summed E-state index contributed by atoms with van der Waals surface area (Å²) in [4.78, 5) is 0. The van der Waals surface area contributed by atoms with Crippen molar-refractivity contribution < 1.29 is 5.11 Å². The van der Waals surface area contributed by atoms with Crippen LogP contribution in [0.4, 0.5) is 0 Å². The summed E-state index contributed by atoms with van der Waals surface area (Å²) in [5.41, 5.74) is 1.58. The molecule has 2 rings (SSSR count). The zero-order valence-electron chi connectivity index (χ0n) is 9.14. The molecule has 2 aromatic rings. The number of benzene rings is 1. The van der Waals surface area contributed by atoms with Crippen molar-refractivity contribution >= 4 is 34.2 Å². The van der Waals surface area contributed by atoms with Crippen LogP contribution in [0.3, 0.4) is 0 Å². The molecule has 1 N–H and O–H groups in total. The van der Waals surface area contributed by atoms with Gasteiger partial charge in [-0.15, -0.1) is 5.10 Å². The molecule has 17 heavy (non-hydrogen) atoms. The minimum absolute atomic E-state index is 0.435. The summed E-state index contributed by atoms with van der Waals surface area (Å²) < 4.78 is 2.61. The van der Waals surface area contributed by atoms with Crippen molar-refractivity contribution in [1.29, 1.82) is 0 Å². The van der Waals surface area contributed by atoms with Crippen LogP contribution in [0.5, 0.6) is 0 Å². The Hall–Kier alpha value is -0.660. The Morgan fingerprint density at radius 1 is 1.53 bits per heavy atom. The molecule has 1 aromatic heterocycles. The van der Waals surface area contributed by atoms with Crippen LogP contribution in [-0.4, -0.2) is 20.1 Å². The molecule has 1 heterocycles. The van der Waals surface area contributed by atoms with Crippen molar-refractivity contribution in [2.45, 2.75) is 12.5 Å². The SMILES string of the molecule is Cn1cc(CC(O)c2cc(Cl)ccc2I)nn1. The number of aliphatic hydroxyl groups is 1.